The monoisotopic (exact) mass is 362 g/mol. The van der Waals surface area contributed by atoms with E-state index in [1.165, 1.54) is 18.2 Å². The van der Waals surface area contributed by atoms with E-state index < -0.39 is 11.8 Å². The summed E-state index contributed by atoms with van der Waals surface area (Å²) in [6, 6.07) is 11.0. The summed E-state index contributed by atoms with van der Waals surface area (Å²) in [7, 11) is 1.62. The quantitative estimate of drug-likeness (QED) is 0.669. The van der Waals surface area contributed by atoms with E-state index in [0.29, 0.717) is 37.8 Å². The van der Waals surface area contributed by atoms with Gasteiger partial charge in [-0.3, -0.25) is 0 Å². The van der Waals surface area contributed by atoms with Crippen molar-refractivity contribution in [1.29, 1.82) is 0 Å². The minimum Gasteiger partial charge on any atom is -0.492 e. The van der Waals surface area contributed by atoms with E-state index >= 15 is 0 Å². The van der Waals surface area contributed by atoms with Crippen molar-refractivity contribution in [1.82, 2.24) is 5.32 Å². The fraction of sp³-hybridized carbons (Fsp3) is 0.316. The Labute approximate surface area is 152 Å². The zero-order chi connectivity index (χ0) is 18.8. The molecule has 2 aromatic carbocycles. The van der Waals surface area contributed by atoms with E-state index in [1.807, 2.05) is 24.3 Å². The van der Waals surface area contributed by atoms with Gasteiger partial charge in [0.25, 0.3) is 0 Å². The molecule has 2 rings (SSSR count). The molecule has 2 aromatic rings. The Kier molecular flexibility index (Phi) is 7.70. The summed E-state index contributed by atoms with van der Waals surface area (Å²) < 4.78 is 29.0. The first-order valence-corrected chi connectivity index (χ1v) is 8.30. The van der Waals surface area contributed by atoms with Gasteiger partial charge in [0.15, 0.2) is 0 Å². The molecular formula is C19H23FN2O4. The molecule has 2 amide bonds. The van der Waals surface area contributed by atoms with Crippen molar-refractivity contribution in [3.63, 3.8) is 0 Å². The van der Waals surface area contributed by atoms with Gasteiger partial charge in [-0.05, 0) is 36.8 Å². The van der Waals surface area contributed by atoms with Crippen molar-refractivity contribution in [2.45, 2.75) is 13.5 Å². The topological polar surface area (TPSA) is 68.8 Å². The van der Waals surface area contributed by atoms with Gasteiger partial charge in [-0.25, -0.2) is 9.18 Å². The van der Waals surface area contributed by atoms with E-state index in [4.69, 9.17) is 14.2 Å². The van der Waals surface area contributed by atoms with Crippen molar-refractivity contribution in [2.75, 3.05) is 32.2 Å². The molecule has 0 aromatic heterocycles. The molecule has 0 aliphatic heterocycles. The molecule has 26 heavy (non-hydrogen) atoms. The molecule has 6 nitrogen and oxygen atoms in total. The van der Waals surface area contributed by atoms with Crippen molar-refractivity contribution >= 4 is 11.7 Å². The normalized spacial score (nSPS) is 10.3. The molecule has 0 aliphatic carbocycles. The van der Waals surface area contributed by atoms with Crippen LogP contribution in [0.15, 0.2) is 42.5 Å². The fourth-order valence-corrected chi connectivity index (χ4v) is 2.17. The van der Waals surface area contributed by atoms with Crippen molar-refractivity contribution in [3.05, 3.63) is 53.8 Å². The summed E-state index contributed by atoms with van der Waals surface area (Å²) >= 11 is 0. The lowest BCUT2D eigenvalue weighted by atomic mass is 10.2. The van der Waals surface area contributed by atoms with Gasteiger partial charge in [0.05, 0.1) is 18.9 Å². The first-order chi connectivity index (χ1) is 12.6. The van der Waals surface area contributed by atoms with E-state index in [-0.39, 0.29) is 0 Å². The highest BCUT2D eigenvalue weighted by atomic mass is 19.1. The average molecular weight is 362 g/mol. The maximum atomic E-state index is 13.3. The predicted octanol–water partition coefficient (Wildman–Crippen LogP) is 3.57. The highest BCUT2D eigenvalue weighted by Crippen LogP contribution is 2.25. The van der Waals surface area contributed by atoms with Crippen molar-refractivity contribution < 1.29 is 23.4 Å². The number of benzene rings is 2. The van der Waals surface area contributed by atoms with Gasteiger partial charge in [-0.1, -0.05) is 12.1 Å². The number of hydrogen-bond acceptors (Lipinski definition) is 4. The highest BCUT2D eigenvalue weighted by molar-refractivity contribution is 5.90. The zero-order valence-electron chi connectivity index (χ0n) is 14.9. The second-order valence-corrected chi connectivity index (χ2v) is 5.37. The molecule has 0 saturated heterocycles. The maximum absolute atomic E-state index is 13.3. The van der Waals surface area contributed by atoms with Crippen molar-refractivity contribution in [2.24, 2.45) is 0 Å². The van der Waals surface area contributed by atoms with Crippen LogP contribution >= 0.6 is 0 Å². The van der Waals surface area contributed by atoms with Crippen LogP contribution in [0.25, 0.3) is 0 Å². The molecule has 0 unspecified atom stereocenters. The van der Waals surface area contributed by atoms with Crippen LogP contribution in [-0.4, -0.2) is 33.0 Å². The molecule has 0 aliphatic rings. The number of hydrogen-bond donors (Lipinski definition) is 2. The van der Waals surface area contributed by atoms with Crippen LogP contribution in [0.5, 0.6) is 11.5 Å². The largest absolute Gasteiger partial charge is 0.492 e. The maximum Gasteiger partial charge on any atom is 0.319 e. The van der Waals surface area contributed by atoms with Crippen LogP contribution in [0, 0.1) is 5.82 Å². The Balaban J connectivity index is 1.85. The Hall–Kier alpha value is -2.80. The summed E-state index contributed by atoms with van der Waals surface area (Å²) in [4.78, 5) is 12.1. The third-order valence-corrected chi connectivity index (χ3v) is 3.42. The number of nitrogens with one attached hydrogen (secondary N) is 2. The lowest BCUT2D eigenvalue weighted by molar-refractivity contribution is 0.146. The Morgan fingerprint density at radius 3 is 2.54 bits per heavy atom. The summed E-state index contributed by atoms with van der Waals surface area (Å²) in [5.74, 6) is 0.607. The van der Waals surface area contributed by atoms with Crippen molar-refractivity contribution in [3.8, 4) is 11.5 Å². The second-order valence-electron chi connectivity index (χ2n) is 5.37. The first kappa shape index (κ1) is 19.5. The number of methoxy groups -OCH3 is 1. The van der Waals surface area contributed by atoms with Crippen LogP contribution < -0.4 is 20.1 Å². The van der Waals surface area contributed by atoms with E-state index in [0.717, 1.165) is 11.3 Å². The second kappa shape index (κ2) is 10.2. The number of amides is 2. The number of urea groups is 1. The summed E-state index contributed by atoms with van der Waals surface area (Å²) in [5, 5.41) is 5.40. The van der Waals surface area contributed by atoms with Crippen LogP contribution in [0.4, 0.5) is 14.9 Å². The van der Waals surface area contributed by atoms with E-state index in [9.17, 15) is 9.18 Å². The van der Waals surface area contributed by atoms with Gasteiger partial charge >= 0.3 is 6.03 Å². The third kappa shape index (κ3) is 6.25. The first-order valence-electron chi connectivity index (χ1n) is 8.30. The molecule has 0 saturated carbocycles. The number of ether oxygens (including phenoxy) is 3. The molecule has 0 fully saturated rings. The van der Waals surface area contributed by atoms with Crippen LogP contribution in [0.1, 0.15) is 12.5 Å². The van der Waals surface area contributed by atoms with Gasteiger partial charge in [0.2, 0.25) is 0 Å². The molecule has 0 heterocycles. The Bertz CT molecular complexity index is 707. The molecule has 0 atom stereocenters. The molecule has 2 N–H and O–H groups in total. The number of halogens is 1. The van der Waals surface area contributed by atoms with Gasteiger partial charge in [0.1, 0.15) is 23.9 Å². The highest BCUT2D eigenvalue weighted by Gasteiger charge is 2.09. The van der Waals surface area contributed by atoms with Crippen LogP contribution in [0.2, 0.25) is 0 Å². The molecular weight excluding hydrogens is 339 g/mol. The minimum absolute atomic E-state index is 0.292. The van der Waals surface area contributed by atoms with Crippen LogP contribution in [0.3, 0.4) is 0 Å². The Morgan fingerprint density at radius 2 is 1.85 bits per heavy atom. The number of rotatable bonds is 9. The van der Waals surface area contributed by atoms with Gasteiger partial charge in [-0.2, -0.15) is 0 Å². The van der Waals surface area contributed by atoms with E-state index in [1.54, 1.807) is 14.0 Å². The minimum atomic E-state index is -0.424. The van der Waals surface area contributed by atoms with Gasteiger partial charge < -0.3 is 24.8 Å². The fourth-order valence-electron chi connectivity index (χ4n) is 2.17. The SMILES string of the molecule is CCOc1cc(F)ccc1NC(=O)NCc1ccc(OCCOC)cc1. The standard InChI is InChI=1S/C19H23FN2O4/c1-3-25-18-12-15(20)6-9-17(18)22-19(23)21-13-14-4-7-16(8-5-14)26-11-10-24-2/h4-9,12H,3,10-11,13H2,1-2H3,(H2,21,22,23). The molecule has 7 heteroatoms. The molecule has 140 valence electrons. The number of carbonyl (C=O) groups is 1. The molecule has 0 radical (unpaired) electrons. The number of carbonyl (C=O) groups excluding carboxylic acids is 1. The average Bonchev–Trinajstić information content (AvgIpc) is 2.64. The van der Waals surface area contributed by atoms with Gasteiger partial charge in [0, 0.05) is 19.7 Å². The Morgan fingerprint density at radius 1 is 1.08 bits per heavy atom. The lowest BCUT2D eigenvalue weighted by Gasteiger charge is -2.12. The number of anilines is 1. The lowest BCUT2D eigenvalue weighted by Crippen LogP contribution is -2.28. The van der Waals surface area contributed by atoms with Gasteiger partial charge in [-0.15, -0.1) is 0 Å². The third-order valence-electron chi connectivity index (χ3n) is 3.42. The summed E-state index contributed by atoms with van der Waals surface area (Å²) in [5.41, 5.74) is 1.33. The molecule has 0 spiro atoms. The predicted molar refractivity (Wildman–Crippen MR) is 97.2 cm³/mol. The zero-order valence-corrected chi connectivity index (χ0v) is 14.9. The summed E-state index contributed by atoms with van der Waals surface area (Å²) in [6.07, 6.45) is 0. The smallest absolute Gasteiger partial charge is 0.319 e. The summed E-state index contributed by atoms with van der Waals surface area (Å²) in [6.45, 7) is 3.51. The van der Waals surface area contributed by atoms with E-state index in [2.05, 4.69) is 10.6 Å². The van der Waals surface area contributed by atoms with Crippen LogP contribution in [-0.2, 0) is 11.3 Å². The molecule has 0 bridgehead atoms.